The molecule has 0 bridgehead atoms. The highest BCUT2D eigenvalue weighted by Gasteiger charge is 2.12. The molecule has 1 aliphatic rings. The average Bonchev–Trinajstić information content (AvgIpc) is 2.58. The van der Waals surface area contributed by atoms with Crippen molar-refractivity contribution < 1.29 is 4.84 Å². The molecular weight excluding hydrogens is 142 g/mol. The minimum absolute atomic E-state index is 0.705. The van der Waals surface area contributed by atoms with Gasteiger partial charge in [0.05, 0.1) is 6.61 Å². The molecule has 0 saturated carbocycles. The molecule has 1 saturated heterocycles. The van der Waals surface area contributed by atoms with Crippen molar-refractivity contribution in [1.82, 2.24) is 10.4 Å². The van der Waals surface area contributed by atoms with Crippen LogP contribution in [0.4, 0.5) is 5.82 Å². The lowest BCUT2D eigenvalue weighted by molar-refractivity contribution is 0.156. The summed E-state index contributed by atoms with van der Waals surface area (Å²) < 4.78 is 0. The van der Waals surface area contributed by atoms with Crippen LogP contribution in [0.1, 0.15) is 0 Å². The highest BCUT2D eigenvalue weighted by molar-refractivity contribution is 5.33. The van der Waals surface area contributed by atoms with Gasteiger partial charge in [-0.25, -0.2) is 10.4 Å². The Kier molecular flexibility index (Phi) is 1.71. The Morgan fingerprint density at radius 1 is 1.55 bits per heavy atom. The Balaban J connectivity index is 2.16. The largest absolute Gasteiger partial charge is 0.255 e. The Hall–Kier alpha value is -1.13. The van der Waals surface area contributed by atoms with E-state index in [2.05, 4.69) is 10.4 Å². The van der Waals surface area contributed by atoms with E-state index in [0.29, 0.717) is 6.61 Å². The van der Waals surface area contributed by atoms with Crippen LogP contribution in [0.5, 0.6) is 0 Å². The fourth-order valence-corrected chi connectivity index (χ4v) is 0.951. The Labute approximate surface area is 64.7 Å². The predicted molar refractivity (Wildman–Crippen MR) is 40.7 cm³/mol. The first kappa shape index (κ1) is 6.57. The summed E-state index contributed by atoms with van der Waals surface area (Å²) in [5.41, 5.74) is 3.02. The van der Waals surface area contributed by atoms with Crippen LogP contribution in [-0.4, -0.2) is 18.1 Å². The Morgan fingerprint density at radius 2 is 2.55 bits per heavy atom. The Morgan fingerprint density at radius 3 is 3.18 bits per heavy atom. The topological polar surface area (TPSA) is 37.4 Å². The lowest BCUT2D eigenvalue weighted by Crippen LogP contribution is -2.29. The zero-order chi connectivity index (χ0) is 7.52. The number of rotatable bonds is 1. The van der Waals surface area contributed by atoms with E-state index in [9.17, 15) is 0 Å². The van der Waals surface area contributed by atoms with Gasteiger partial charge in [-0.15, -0.1) is 0 Å². The molecule has 1 aliphatic heterocycles. The normalized spacial score (nSPS) is 17.3. The van der Waals surface area contributed by atoms with E-state index in [4.69, 9.17) is 4.84 Å². The summed E-state index contributed by atoms with van der Waals surface area (Å²) in [5, 5.41) is 1.58. The van der Waals surface area contributed by atoms with E-state index in [1.165, 1.54) is 0 Å². The van der Waals surface area contributed by atoms with Crippen molar-refractivity contribution in [3.05, 3.63) is 24.4 Å². The average molecular weight is 151 g/mol. The van der Waals surface area contributed by atoms with E-state index < -0.39 is 0 Å². The monoisotopic (exact) mass is 151 g/mol. The van der Waals surface area contributed by atoms with Crippen molar-refractivity contribution in [1.29, 1.82) is 0 Å². The molecular formula is C7H9N3O. The predicted octanol–water partition coefficient (Wildman–Crippen LogP) is 0.338. The summed E-state index contributed by atoms with van der Waals surface area (Å²) in [7, 11) is 0. The SMILES string of the molecule is c1ccc(N2NCCO2)nc1. The number of nitrogens with one attached hydrogen (secondary N) is 1. The first-order chi connectivity index (χ1) is 5.47. The maximum Gasteiger partial charge on any atom is 0.170 e. The zero-order valence-corrected chi connectivity index (χ0v) is 6.03. The molecule has 0 radical (unpaired) electrons. The molecule has 0 aliphatic carbocycles. The standard InChI is InChI=1S/C7H9N3O/c1-2-4-8-7(3-1)10-9-5-6-11-10/h1-4,9H,5-6H2. The molecule has 0 amide bonds. The van der Waals surface area contributed by atoms with Gasteiger partial charge in [-0.3, -0.25) is 4.84 Å². The minimum atomic E-state index is 0.705. The van der Waals surface area contributed by atoms with Crippen molar-refractivity contribution in [2.75, 3.05) is 18.3 Å². The highest BCUT2D eigenvalue weighted by atomic mass is 16.7. The fourth-order valence-electron chi connectivity index (χ4n) is 0.951. The lowest BCUT2D eigenvalue weighted by Gasteiger charge is -2.13. The molecule has 0 atom stereocenters. The van der Waals surface area contributed by atoms with Crippen LogP contribution in [-0.2, 0) is 4.84 Å². The van der Waals surface area contributed by atoms with Gasteiger partial charge in [0.1, 0.15) is 0 Å². The van der Waals surface area contributed by atoms with Crippen LogP contribution in [0.2, 0.25) is 0 Å². The van der Waals surface area contributed by atoms with Crippen molar-refractivity contribution >= 4 is 5.82 Å². The van der Waals surface area contributed by atoms with Crippen LogP contribution in [0.15, 0.2) is 24.4 Å². The van der Waals surface area contributed by atoms with E-state index in [1.54, 1.807) is 11.4 Å². The van der Waals surface area contributed by atoms with Gasteiger partial charge in [0.2, 0.25) is 0 Å². The fraction of sp³-hybridized carbons (Fsp3) is 0.286. The number of hydrazine groups is 1. The van der Waals surface area contributed by atoms with Gasteiger partial charge in [0, 0.05) is 12.7 Å². The third-order valence-electron chi connectivity index (χ3n) is 1.44. The molecule has 0 spiro atoms. The van der Waals surface area contributed by atoms with Crippen molar-refractivity contribution in [2.45, 2.75) is 0 Å². The quantitative estimate of drug-likeness (QED) is 0.628. The van der Waals surface area contributed by atoms with Crippen molar-refractivity contribution in [2.24, 2.45) is 0 Å². The molecule has 0 unspecified atom stereocenters. The lowest BCUT2D eigenvalue weighted by atomic mass is 10.5. The molecule has 4 heteroatoms. The summed E-state index contributed by atoms with van der Waals surface area (Å²) >= 11 is 0. The van der Waals surface area contributed by atoms with Gasteiger partial charge < -0.3 is 0 Å². The number of aromatic nitrogens is 1. The van der Waals surface area contributed by atoms with Gasteiger partial charge in [-0.2, -0.15) is 5.17 Å². The second-order valence-electron chi connectivity index (χ2n) is 2.22. The molecule has 1 aromatic heterocycles. The smallest absolute Gasteiger partial charge is 0.170 e. The van der Waals surface area contributed by atoms with Crippen LogP contribution in [0, 0.1) is 0 Å². The summed E-state index contributed by atoms with van der Waals surface area (Å²) in [6.07, 6.45) is 1.73. The highest BCUT2D eigenvalue weighted by Crippen LogP contribution is 2.08. The minimum Gasteiger partial charge on any atom is -0.255 e. The number of hydrogen-bond acceptors (Lipinski definition) is 4. The summed E-state index contributed by atoms with van der Waals surface area (Å²) in [5.74, 6) is 0.796. The van der Waals surface area contributed by atoms with E-state index in [1.807, 2.05) is 18.2 Å². The van der Waals surface area contributed by atoms with E-state index in [0.717, 1.165) is 12.4 Å². The molecule has 2 rings (SSSR count). The van der Waals surface area contributed by atoms with Crippen LogP contribution in [0.25, 0.3) is 0 Å². The van der Waals surface area contributed by atoms with Crippen LogP contribution < -0.4 is 10.6 Å². The second kappa shape index (κ2) is 2.86. The molecule has 1 fully saturated rings. The third-order valence-corrected chi connectivity index (χ3v) is 1.44. The molecule has 2 heterocycles. The van der Waals surface area contributed by atoms with Crippen LogP contribution >= 0.6 is 0 Å². The van der Waals surface area contributed by atoms with E-state index >= 15 is 0 Å². The number of pyridine rings is 1. The first-order valence-electron chi connectivity index (χ1n) is 3.54. The third kappa shape index (κ3) is 1.31. The maximum atomic E-state index is 5.20. The molecule has 1 aromatic rings. The van der Waals surface area contributed by atoms with Gasteiger partial charge in [0.25, 0.3) is 0 Å². The molecule has 4 nitrogen and oxygen atoms in total. The summed E-state index contributed by atoms with van der Waals surface area (Å²) in [6, 6.07) is 5.68. The van der Waals surface area contributed by atoms with Crippen molar-refractivity contribution in [3.63, 3.8) is 0 Å². The van der Waals surface area contributed by atoms with Gasteiger partial charge >= 0.3 is 0 Å². The van der Waals surface area contributed by atoms with Crippen molar-refractivity contribution in [3.8, 4) is 0 Å². The molecule has 58 valence electrons. The van der Waals surface area contributed by atoms with Crippen LogP contribution in [0.3, 0.4) is 0 Å². The number of nitrogens with zero attached hydrogens (tertiary/aromatic N) is 2. The molecule has 0 aromatic carbocycles. The molecule has 11 heavy (non-hydrogen) atoms. The summed E-state index contributed by atoms with van der Waals surface area (Å²) in [6.45, 7) is 1.55. The first-order valence-corrected chi connectivity index (χ1v) is 3.54. The maximum absolute atomic E-state index is 5.20. The number of hydrogen-bond donors (Lipinski definition) is 1. The zero-order valence-electron chi connectivity index (χ0n) is 6.03. The molecule has 1 N–H and O–H groups in total. The van der Waals surface area contributed by atoms with Gasteiger partial charge in [-0.1, -0.05) is 6.07 Å². The summed E-state index contributed by atoms with van der Waals surface area (Å²) in [4.78, 5) is 9.30. The second-order valence-corrected chi connectivity index (χ2v) is 2.22. The van der Waals surface area contributed by atoms with E-state index in [-0.39, 0.29) is 0 Å². The van der Waals surface area contributed by atoms with Gasteiger partial charge in [0.15, 0.2) is 5.82 Å². The Bertz CT molecular complexity index is 220. The number of anilines is 1. The van der Waals surface area contributed by atoms with Gasteiger partial charge in [-0.05, 0) is 12.1 Å².